The highest BCUT2D eigenvalue weighted by atomic mass is 16.3. The molecule has 0 saturated heterocycles. The van der Waals surface area contributed by atoms with E-state index in [2.05, 4.69) is 44.3 Å². The molecule has 7 heteroatoms. The van der Waals surface area contributed by atoms with E-state index < -0.39 is 11.6 Å². The van der Waals surface area contributed by atoms with Crippen molar-refractivity contribution in [2.45, 2.75) is 53.2 Å². The van der Waals surface area contributed by atoms with Gasteiger partial charge in [-0.15, -0.1) is 0 Å². The summed E-state index contributed by atoms with van der Waals surface area (Å²) in [5, 5.41) is 16.1. The van der Waals surface area contributed by atoms with Crippen LogP contribution in [0.4, 0.5) is 17.8 Å². The van der Waals surface area contributed by atoms with Gasteiger partial charge in [0.15, 0.2) is 0 Å². The van der Waals surface area contributed by atoms with Crippen LogP contribution in [0.5, 0.6) is 0 Å². The number of aromatic nitrogens is 3. The summed E-state index contributed by atoms with van der Waals surface area (Å²) in [6.45, 7) is 14.1. The summed E-state index contributed by atoms with van der Waals surface area (Å²) in [6.07, 6.45) is -0.534. The number of rotatable bonds is 8. The van der Waals surface area contributed by atoms with Crippen LogP contribution in [-0.4, -0.2) is 51.3 Å². The van der Waals surface area contributed by atoms with Crippen LogP contribution in [0, 0.1) is 0 Å². The van der Waals surface area contributed by atoms with Crippen LogP contribution in [-0.2, 0) is 0 Å². The molecule has 1 unspecified atom stereocenters. The normalized spacial score (nSPS) is 12.9. The fraction of sp³-hybridized carbons (Fsp3) is 0.786. The zero-order valence-corrected chi connectivity index (χ0v) is 13.9. The molecular weight excluding hydrogens is 268 g/mol. The van der Waals surface area contributed by atoms with Gasteiger partial charge in [-0.1, -0.05) is 0 Å². The zero-order chi connectivity index (χ0) is 16.0. The van der Waals surface area contributed by atoms with Crippen molar-refractivity contribution in [2.24, 2.45) is 0 Å². The largest absolute Gasteiger partial charge is 0.391 e. The van der Waals surface area contributed by atoms with Crippen LogP contribution in [0.1, 0.15) is 41.5 Å². The Balaban J connectivity index is 3.13. The summed E-state index contributed by atoms with van der Waals surface area (Å²) in [6, 6.07) is 0. The summed E-state index contributed by atoms with van der Waals surface area (Å²) in [5.74, 6) is 1.64. The SMILES string of the molecule is CCNc1nc(NC(C)(C)C(C)O)nc(N(CC)CC)n1. The molecule has 1 atom stereocenters. The summed E-state index contributed by atoms with van der Waals surface area (Å²) in [4.78, 5) is 15.3. The van der Waals surface area contributed by atoms with Gasteiger partial charge in [-0.05, 0) is 41.5 Å². The van der Waals surface area contributed by atoms with Gasteiger partial charge in [0.25, 0.3) is 0 Å². The van der Waals surface area contributed by atoms with Crippen LogP contribution in [0.3, 0.4) is 0 Å². The molecule has 1 heterocycles. The molecule has 0 amide bonds. The highest BCUT2D eigenvalue weighted by Crippen LogP contribution is 2.19. The molecule has 0 aliphatic carbocycles. The lowest BCUT2D eigenvalue weighted by Crippen LogP contribution is -2.42. The van der Waals surface area contributed by atoms with Crippen LogP contribution < -0.4 is 15.5 Å². The Morgan fingerprint density at radius 1 is 1.10 bits per heavy atom. The van der Waals surface area contributed by atoms with E-state index in [0.29, 0.717) is 17.8 Å². The Bertz CT molecular complexity index is 445. The molecule has 7 nitrogen and oxygen atoms in total. The van der Waals surface area contributed by atoms with Crippen molar-refractivity contribution in [1.82, 2.24) is 15.0 Å². The standard InChI is InChI=1S/C14H28N6O/c1-7-15-11-16-12(19-14(5,6)10(4)21)18-13(17-11)20(8-2)9-3/h10,21H,7-9H2,1-6H3,(H2,15,16,17,18,19). The number of hydrogen-bond donors (Lipinski definition) is 3. The van der Waals surface area contributed by atoms with Gasteiger partial charge in [-0.3, -0.25) is 0 Å². The number of hydrogen-bond acceptors (Lipinski definition) is 7. The van der Waals surface area contributed by atoms with Gasteiger partial charge in [0.1, 0.15) is 0 Å². The Kier molecular flexibility index (Phi) is 6.14. The lowest BCUT2D eigenvalue weighted by atomic mass is 9.99. The van der Waals surface area contributed by atoms with Crippen LogP contribution in [0.15, 0.2) is 0 Å². The molecule has 0 aliphatic heterocycles. The van der Waals surface area contributed by atoms with E-state index in [4.69, 9.17) is 0 Å². The summed E-state index contributed by atoms with van der Waals surface area (Å²) < 4.78 is 0. The fourth-order valence-electron chi connectivity index (χ4n) is 1.70. The molecular formula is C14H28N6O. The Morgan fingerprint density at radius 2 is 1.67 bits per heavy atom. The molecule has 0 spiro atoms. The maximum Gasteiger partial charge on any atom is 0.231 e. The van der Waals surface area contributed by atoms with E-state index in [9.17, 15) is 5.11 Å². The van der Waals surface area contributed by atoms with Crippen LogP contribution in [0.2, 0.25) is 0 Å². The first kappa shape index (κ1) is 17.4. The average molecular weight is 296 g/mol. The Morgan fingerprint density at radius 3 is 2.14 bits per heavy atom. The maximum atomic E-state index is 9.83. The van der Waals surface area contributed by atoms with Gasteiger partial charge >= 0.3 is 0 Å². The molecule has 1 rings (SSSR count). The number of anilines is 3. The van der Waals surface area contributed by atoms with Crippen molar-refractivity contribution in [2.75, 3.05) is 35.2 Å². The molecule has 1 aromatic rings. The minimum atomic E-state index is -0.534. The number of aliphatic hydroxyl groups is 1. The first-order valence-electron chi connectivity index (χ1n) is 7.55. The average Bonchev–Trinajstić information content (AvgIpc) is 2.39. The molecule has 21 heavy (non-hydrogen) atoms. The maximum absolute atomic E-state index is 9.83. The van der Waals surface area contributed by atoms with Crippen molar-refractivity contribution in [1.29, 1.82) is 0 Å². The third-order valence-electron chi connectivity index (χ3n) is 3.48. The van der Waals surface area contributed by atoms with Gasteiger partial charge in [-0.25, -0.2) is 0 Å². The first-order chi connectivity index (χ1) is 9.83. The lowest BCUT2D eigenvalue weighted by molar-refractivity contribution is 0.132. The number of nitrogens with one attached hydrogen (secondary N) is 2. The van der Waals surface area contributed by atoms with Gasteiger partial charge in [0.05, 0.1) is 11.6 Å². The summed E-state index contributed by atoms with van der Waals surface area (Å²) >= 11 is 0. The van der Waals surface area contributed by atoms with E-state index >= 15 is 0 Å². The van der Waals surface area contributed by atoms with Gasteiger partial charge in [0.2, 0.25) is 17.8 Å². The molecule has 3 N–H and O–H groups in total. The second-order valence-corrected chi connectivity index (χ2v) is 5.51. The fourth-order valence-corrected chi connectivity index (χ4v) is 1.70. The zero-order valence-electron chi connectivity index (χ0n) is 13.9. The first-order valence-corrected chi connectivity index (χ1v) is 7.55. The molecule has 0 aliphatic rings. The summed E-state index contributed by atoms with van der Waals surface area (Å²) in [5.41, 5.74) is -0.522. The van der Waals surface area contributed by atoms with E-state index in [-0.39, 0.29) is 0 Å². The van der Waals surface area contributed by atoms with E-state index in [0.717, 1.165) is 19.6 Å². The van der Waals surface area contributed by atoms with Crippen LogP contribution >= 0.6 is 0 Å². The van der Waals surface area contributed by atoms with Crippen molar-refractivity contribution in [3.63, 3.8) is 0 Å². The van der Waals surface area contributed by atoms with E-state index in [1.807, 2.05) is 20.8 Å². The topological polar surface area (TPSA) is 86.2 Å². The molecule has 120 valence electrons. The van der Waals surface area contributed by atoms with Crippen molar-refractivity contribution in [3.05, 3.63) is 0 Å². The molecule has 0 saturated carbocycles. The summed E-state index contributed by atoms with van der Waals surface area (Å²) in [7, 11) is 0. The van der Waals surface area contributed by atoms with Crippen molar-refractivity contribution < 1.29 is 5.11 Å². The van der Waals surface area contributed by atoms with Gasteiger partial charge < -0.3 is 20.6 Å². The second-order valence-electron chi connectivity index (χ2n) is 5.51. The predicted molar refractivity (Wildman–Crippen MR) is 86.9 cm³/mol. The Labute approximate surface area is 127 Å². The smallest absolute Gasteiger partial charge is 0.231 e. The monoisotopic (exact) mass is 296 g/mol. The highest BCUT2D eigenvalue weighted by Gasteiger charge is 2.25. The third kappa shape index (κ3) is 4.70. The minimum absolute atomic E-state index is 0.466. The quantitative estimate of drug-likeness (QED) is 0.673. The highest BCUT2D eigenvalue weighted by molar-refractivity contribution is 5.44. The van der Waals surface area contributed by atoms with Crippen molar-refractivity contribution in [3.8, 4) is 0 Å². The van der Waals surface area contributed by atoms with Gasteiger partial charge in [-0.2, -0.15) is 15.0 Å². The second kappa shape index (κ2) is 7.40. The van der Waals surface area contributed by atoms with Crippen molar-refractivity contribution >= 4 is 17.8 Å². The minimum Gasteiger partial charge on any atom is -0.391 e. The molecule has 0 radical (unpaired) electrons. The lowest BCUT2D eigenvalue weighted by Gasteiger charge is -2.30. The van der Waals surface area contributed by atoms with Gasteiger partial charge in [0, 0.05) is 19.6 Å². The molecule has 0 aromatic carbocycles. The van der Waals surface area contributed by atoms with Crippen LogP contribution in [0.25, 0.3) is 0 Å². The van der Waals surface area contributed by atoms with E-state index in [1.54, 1.807) is 6.92 Å². The number of aliphatic hydroxyl groups excluding tert-OH is 1. The third-order valence-corrected chi connectivity index (χ3v) is 3.48. The number of nitrogens with zero attached hydrogens (tertiary/aromatic N) is 4. The molecule has 0 bridgehead atoms. The molecule has 0 fully saturated rings. The van der Waals surface area contributed by atoms with E-state index in [1.165, 1.54) is 0 Å². The Hall–Kier alpha value is -1.63. The molecule has 1 aromatic heterocycles. The predicted octanol–water partition coefficient (Wildman–Crippen LogP) is 1.72.